The number of alkyl carbamates (subject to hydrolysis) is 1. The van der Waals surface area contributed by atoms with Gasteiger partial charge in [0, 0.05) is 25.3 Å². The Kier molecular flexibility index (Phi) is 8.52. The SMILES string of the molecule is COC(CNC(=O)CSCCNC(=O)OCC1c2ccccc2-c2ccccc21)C(=O)O. The number of nitrogens with one attached hydrogen (secondary N) is 2. The van der Waals surface area contributed by atoms with Gasteiger partial charge in [0.15, 0.2) is 6.10 Å². The molecule has 1 aliphatic carbocycles. The lowest BCUT2D eigenvalue weighted by Crippen LogP contribution is -2.38. The number of hydrogen-bond donors (Lipinski definition) is 3. The van der Waals surface area contributed by atoms with Gasteiger partial charge in [0.1, 0.15) is 6.61 Å². The number of fused-ring (bicyclic) bond motifs is 3. The molecule has 9 heteroatoms. The lowest BCUT2D eigenvalue weighted by atomic mass is 9.98. The van der Waals surface area contributed by atoms with Crippen LogP contribution >= 0.6 is 11.8 Å². The molecule has 2 aromatic rings. The molecule has 0 aromatic heterocycles. The average molecular weight is 459 g/mol. The molecule has 0 saturated heterocycles. The molecule has 0 fully saturated rings. The highest BCUT2D eigenvalue weighted by Gasteiger charge is 2.28. The van der Waals surface area contributed by atoms with E-state index in [4.69, 9.17) is 14.6 Å². The van der Waals surface area contributed by atoms with Gasteiger partial charge in [-0.05, 0) is 22.3 Å². The van der Waals surface area contributed by atoms with E-state index in [2.05, 4.69) is 34.9 Å². The maximum atomic E-state index is 12.1. The van der Waals surface area contributed by atoms with Crippen LogP contribution in [0.1, 0.15) is 17.0 Å². The first-order valence-corrected chi connectivity index (χ1v) is 11.4. The summed E-state index contributed by atoms with van der Waals surface area (Å²) in [6, 6.07) is 16.3. The number of carbonyl (C=O) groups is 3. The van der Waals surface area contributed by atoms with E-state index in [9.17, 15) is 14.4 Å². The van der Waals surface area contributed by atoms with E-state index in [0.717, 1.165) is 11.1 Å². The van der Waals surface area contributed by atoms with Crippen molar-refractivity contribution in [1.82, 2.24) is 10.6 Å². The molecule has 3 N–H and O–H groups in total. The van der Waals surface area contributed by atoms with Gasteiger partial charge < -0.3 is 25.2 Å². The zero-order valence-corrected chi connectivity index (χ0v) is 18.5. The summed E-state index contributed by atoms with van der Waals surface area (Å²) in [6.07, 6.45) is -1.57. The van der Waals surface area contributed by atoms with Crippen molar-refractivity contribution >= 4 is 29.7 Å². The molecule has 0 aliphatic heterocycles. The molecule has 2 amide bonds. The molecule has 0 heterocycles. The van der Waals surface area contributed by atoms with Gasteiger partial charge in [-0.15, -0.1) is 0 Å². The fourth-order valence-electron chi connectivity index (χ4n) is 3.57. The molecule has 8 nitrogen and oxygen atoms in total. The van der Waals surface area contributed by atoms with Crippen molar-refractivity contribution < 1.29 is 29.0 Å². The van der Waals surface area contributed by atoms with Crippen molar-refractivity contribution in [3.05, 3.63) is 59.7 Å². The van der Waals surface area contributed by atoms with Crippen LogP contribution in [-0.4, -0.2) is 67.5 Å². The van der Waals surface area contributed by atoms with E-state index in [-0.39, 0.29) is 30.7 Å². The van der Waals surface area contributed by atoms with Crippen LogP contribution in [0.2, 0.25) is 0 Å². The van der Waals surface area contributed by atoms with E-state index < -0.39 is 18.2 Å². The van der Waals surface area contributed by atoms with Gasteiger partial charge >= 0.3 is 12.1 Å². The number of benzene rings is 2. The Labute approximate surface area is 190 Å². The Morgan fingerprint density at radius 1 is 1.03 bits per heavy atom. The smallest absolute Gasteiger partial charge is 0.407 e. The van der Waals surface area contributed by atoms with Crippen LogP contribution in [0.15, 0.2) is 48.5 Å². The third-order valence-corrected chi connectivity index (χ3v) is 6.10. The topological polar surface area (TPSA) is 114 Å². The first-order chi connectivity index (χ1) is 15.5. The van der Waals surface area contributed by atoms with Gasteiger partial charge in [0.05, 0.1) is 12.3 Å². The number of carboxylic acids is 1. The van der Waals surface area contributed by atoms with Crippen molar-refractivity contribution in [2.24, 2.45) is 0 Å². The lowest BCUT2D eigenvalue weighted by molar-refractivity contribution is -0.148. The summed E-state index contributed by atoms with van der Waals surface area (Å²) in [7, 11) is 1.27. The molecule has 0 radical (unpaired) electrons. The van der Waals surface area contributed by atoms with Crippen LogP contribution < -0.4 is 10.6 Å². The van der Waals surface area contributed by atoms with Crippen LogP contribution in [0.3, 0.4) is 0 Å². The number of methoxy groups -OCH3 is 1. The van der Waals surface area contributed by atoms with Crippen molar-refractivity contribution in [3.8, 4) is 11.1 Å². The molecular weight excluding hydrogens is 432 g/mol. The maximum absolute atomic E-state index is 12.1. The Balaban J connectivity index is 1.35. The quantitative estimate of drug-likeness (QED) is 0.443. The lowest BCUT2D eigenvalue weighted by Gasteiger charge is -2.14. The monoisotopic (exact) mass is 458 g/mol. The molecular formula is C23H26N2O6S. The number of hydrogen-bond acceptors (Lipinski definition) is 6. The van der Waals surface area contributed by atoms with Gasteiger partial charge in [-0.25, -0.2) is 9.59 Å². The van der Waals surface area contributed by atoms with E-state index >= 15 is 0 Å². The minimum Gasteiger partial charge on any atom is -0.479 e. The second-order valence-electron chi connectivity index (χ2n) is 7.17. The van der Waals surface area contributed by atoms with Gasteiger partial charge in [-0.3, -0.25) is 4.79 Å². The standard InChI is InChI=1S/C23H26N2O6S/c1-30-20(22(27)28)12-25-21(26)14-32-11-10-24-23(29)31-13-19-17-8-4-2-6-15(17)16-7-3-5-9-18(16)19/h2-9,19-20H,10-14H2,1H3,(H,24,29)(H,25,26)(H,27,28). The van der Waals surface area contributed by atoms with Crippen molar-refractivity contribution in [1.29, 1.82) is 0 Å². The van der Waals surface area contributed by atoms with Crippen molar-refractivity contribution in [3.63, 3.8) is 0 Å². The average Bonchev–Trinajstić information content (AvgIpc) is 3.11. The minimum absolute atomic E-state index is 0.00736. The number of amides is 2. The Morgan fingerprint density at radius 3 is 2.25 bits per heavy atom. The second kappa shape index (κ2) is 11.5. The third-order valence-electron chi connectivity index (χ3n) is 5.14. The molecule has 170 valence electrons. The van der Waals surface area contributed by atoms with E-state index in [1.807, 2.05) is 24.3 Å². The first kappa shape index (κ1) is 23.6. The van der Waals surface area contributed by atoms with Gasteiger partial charge in [-0.2, -0.15) is 11.8 Å². The summed E-state index contributed by atoms with van der Waals surface area (Å²) in [5.74, 6) is -0.743. The third kappa shape index (κ3) is 6.02. The molecule has 0 bridgehead atoms. The van der Waals surface area contributed by atoms with E-state index in [1.165, 1.54) is 30.0 Å². The van der Waals surface area contributed by atoms with Crippen molar-refractivity contribution in [2.75, 3.05) is 38.3 Å². The predicted octanol–water partition coefficient (Wildman–Crippen LogP) is 2.47. The summed E-state index contributed by atoms with van der Waals surface area (Å²) in [6.45, 7) is 0.507. The normalized spacial score (nSPS) is 13.0. The largest absolute Gasteiger partial charge is 0.479 e. The van der Waals surface area contributed by atoms with Crippen LogP contribution in [-0.2, 0) is 19.1 Å². The molecule has 0 saturated carbocycles. The molecule has 3 rings (SSSR count). The van der Waals surface area contributed by atoms with Crippen molar-refractivity contribution in [2.45, 2.75) is 12.0 Å². The fraction of sp³-hybridized carbons (Fsp3) is 0.348. The van der Waals surface area contributed by atoms with Crippen LogP contribution in [0.5, 0.6) is 0 Å². The van der Waals surface area contributed by atoms with E-state index in [0.29, 0.717) is 12.3 Å². The highest BCUT2D eigenvalue weighted by molar-refractivity contribution is 7.99. The van der Waals surface area contributed by atoms with Crippen LogP contribution in [0.25, 0.3) is 11.1 Å². The summed E-state index contributed by atoms with van der Waals surface area (Å²) >= 11 is 1.33. The van der Waals surface area contributed by atoms with E-state index in [1.54, 1.807) is 0 Å². The number of thioether (sulfide) groups is 1. The Bertz CT molecular complexity index is 922. The molecule has 2 aromatic carbocycles. The molecule has 0 spiro atoms. The number of aliphatic carboxylic acids is 1. The highest BCUT2D eigenvalue weighted by atomic mass is 32.2. The van der Waals surface area contributed by atoms with Gasteiger partial charge in [-0.1, -0.05) is 48.5 Å². The van der Waals surface area contributed by atoms with Gasteiger partial charge in [0.25, 0.3) is 0 Å². The number of carbonyl (C=O) groups excluding carboxylic acids is 2. The molecule has 1 unspecified atom stereocenters. The van der Waals surface area contributed by atoms with Gasteiger partial charge in [0.2, 0.25) is 5.91 Å². The molecule has 1 aliphatic rings. The number of carboxylic acid groups (broad SMARTS) is 1. The zero-order chi connectivity index (χ0) is 22.9. The summed E-state index contributed by atoms with van der Waals surface area (Å²) in [4.78, 5) is 34.7. The predicted molar refractivity (Wildman–Crippen MR) is 122 cm³/mol. The van der Waals surface area contributed by atoms with Crippen LogP contribution in [0, 0.1) is 0 Å². The summed E-state index contributed by atoms with van der Waals surface area (Å²) in [5.41, 5.74) is 4.65. The Morgan fingerprint density at radius 2 is 1.66 bits per heavy atom. The highest BCUT2D eigenvalue weighted by Crippen LogP contribution is 2.44. The molecule has 1 atom stereocenters. The Hall–Kier alpha value is -3.04. The zero-order valence-electron chi connectivity index (χ0n) is 17.7. The summed E-state index contributed by atoms with van der Waals surface area (Å²) < 4.78 is 10.2. The summed E-state index contributed by atoms with van der Waals surface area (Å²) in [5, 5.41) is 14.1. The maximum Gasteiger partial charge on any atom is 0.407 e. The fourth-order valence-corrected chi connectivity index (χ4v) is 4.25. The number of rotatable bonds is 11. The molecule has 32 heavy (non-hydrogen) atoms. The number of ether oxygens (including phenoxy) is 2. The first-order valence-electron chi connectivity index (χ1n) is 10.2. The second-order valence-corrected chi connectivity index (χ2v) is 8.28. The van der Waals surface area contributed by atoms with Crippen LogP contribution in [0.4, 0.5) is 4.79 Å². The minimum atomic E-state index is -1.13.